The van der Waals surface area contributed by atoms with Gasteiger partial charge in [-0.2, -0.15) is 0 Å². The molecule has 11 heteroatoms. The molecule has 0 fully saturated rings. The summed E-state index contributed by atoms with van der Waals surface area (Å²) in [6.45, 7) is 17.8. The number of rotatable bonds is 28. The zero-order valence-electron chi connectivity index (χ0n) is 29.0. The van der Waals surface area contributed by atoms with E-state index in [-0.39, 0.29) is 43.8 Å². The molecule has 0 aliphatic heterocycles. The number of hydrogen-bond donors (Lipinski definition) is 0. The average Bonchev–Trinajstić information content (AvgIpc) is 2.98. The Kier molecular flexibility index (Phi) is 35.1. The van der Waals surface area contributed by atoms with E-state index < -0.39 is 15.6 Å². The topological polar surface area (TPSA) is 117 Å². The minimum atomic E-state index is -4.14. The molecule has 43 heavy (non-hydrogen) atoms. The van der Waals surface area contributed by atoms with Gasteiger partial charge in [0.25, 0.3) is 15.6 Å². The molecule has 0 aliphatic carbocycles. The third kappa shape index (κ3) is 29.9. The molecule has 0 rings (SSSR count). The van der Waals surface area contributed by atoms with Crippen LogP contribution in [0, 0.1) is 23.7 Å². The minimum absolute atomic E-state index is 0. The molecule has 0 N–H and O–H groups in total. The van der Waals surface area contributed by atoms with Gasteiger partial charge in [-0.05, 0) is 49.4 Å². The van der Waals surface area contributed by atoms with Gasteiger partial charge in [0, 0.05) is 0 Å². The molecule has 260 valence electrons. The molecule has 4 atom stereocenters. The predicted molar refractivity (Wildman–Crippen MR) is 172 cm³/mol. The van der Waals surface area contributed by atoms with Gasteiger partial charge in [-0.3, -0.25) is 9.13 Å². The van der Waals surface area contributed by atoms with Crippen LogP contribution in [0.15, 0.2) is 0 Å². The van der Waals surface area contributed by atoms with Crippen LogP contribution in [-0.4, -0.2) is 26.4 Å². The zero-order valence-corrected chi connectivity index (χ0v) is 32.1. The summed E-state index contributed by atoms with van der Waals surface area (Å²) in [4.78, 5) is 23.6. The van der Waals surface area contributed by atoms with Gasteiger partial charge >= 0.3 is 17.4 Å². The van der Waals surface area contributed by atoms with Crippen LogP contribution in [0.4, 0.5) is 0 Å². The van der Waals surface area contributed by atoms with Crippen molar-refractivity contribution >= 4 is 15.6 Å². The van der Waals surface area contributed by atoms with Crippen molar-refractivity contribution in [2.75, 3.05) is 26.4 Å². The Morgan fingerprint density at radius 1 is 0.442 bits per heavy atom. The summed E-state index contributed by atoms with van der Waals surface area (Å²) in [6, 6.07) is 0. The van der Waals surface area contributed by atoms with Crippen molar-refractivity contribution < 1.29 is 54.4 Å². The maximum absolute atomic E-state index is 11.8. The Labute approximate surface area is 277 Å². The molecule has 0 aromatic rings. The van der Waals surface area contributed by atoms with E-state index in [0.717, 1.165) is 103 Å². The smallest absolute Gasteiger partial charge is 0.756 e. The second-order valence-electron chi connectivity index (χ2n) is 11.7. The number of phosphoric acid groups is 2. The van der Waals surface area contributed by atoms with E-state index in [1.54, 1.807) is 0 Å². The van der Waals surface area contributed by atoms with E-state index in [9.17, 15) is 18.9 Å². The molecule has 0 heterocycles. The van der Waals surface area contributed by atoms with Gasteiger partial charge in [-0.15, -0.1) is 0 Å². The normalized spacial score (nSPS) is 17.0. The molecule has 0 aliphatic rings. The van der Waals surface area contributed by atoms with E-state index in [2.05, 4.69) is 55.4 Å². The second-order valence-corrected chi connectivity index (χ2v) is 14.6. The fraction of sp³-hybridized carbons (Fsp3) is 1.00. The minimum Gasteiger partial charge on any atom is -0.756 e. The van der Waals surface area contributed by atoms with Crippen molar-refractivity contribution in [3.05, 3.63) is 0 Å². The third-order valence-corrected chi connectivity index (χ3v) is 9.91. The molecule has 0 saturated carbocycles. The molecule has 8 nitrogen and oxygen atoms in total. The first kappa shape index (κ1) is 48.2. The maximum Gasteiger partial charge on any atom is 2.00 e. The molecule has 0 spiro atoms. The summed E-state index contributed by atoms with van der Waals surface area (Å²) in [5.41, 5.74) is 0. The first-order valence-electron chi connectivity index (χ1n) is 17.2. The van der Waals surface area contributed by atoms with Crippen molar-refractivity contribution in [1.29, 1.82) is 0 Å². The summed E-state index contributed by atoms with van der Waals surface area (Å²) in [5, 5.41) is 0. The number of unbranched alkanes of at least 4 members (excludes halogenated alkanes) is 4. The molecular weight excluding hydrogens is 626 g/mol. The van der Waals surface area contributed by atoms with Crippen molar-refractivity contribution in [1.82, 2.24) is 0 Å². The van der Waals surface area contributed by atoms with Crippen LogP contribution in [0.1, 0.15) is 158 Å². The molecule has 0 bridgehead atoms. The summed E-state index contributed by atoms with van der Waals surface area (Å²) in [5.74, 6) is 1.21. The van der Waals surface area contributed by atoms with Crippen molar-refractivity contribution in [2.24, 2.45) is 23.7 Å². The van der Waals surface area contributed by atoms with Gasteiger partial charge in [0.1, 0.15) is 0 Å². The quantitative estimate of drug-likeness (QED) is 0.0743. The van der Waals surface area contributed by atoms with Gasteiger partial charge in [0.2, 0.25) is 0 Å². The molecule has 0 aromatic carbocycles. The van der Waals surface area contributed by atoms with E-state index in [0.29, 0.717) is 23.7 Å². The predicted octanol–water partition coefficient (Wildman–Crippen LogP) is 9.84. The summed E-state index contributed by atoms with van der Waals surface area (Å²) in [7, 11) is -8.28. The molecule has 0 aromatic heterocycles. The zero-order chi connectivity index (χ0) is 32.3. The van der Waals surface area contributed by atoms with E-state index >= 15 is 0 Å². The van der Waals surface area contributed by atoms with Crippen molar-refractivity contribution in [2.45, 2.75) is 158 Å². The van der Waals surface area contributed by atoms with Crippen LogP contribution in [0.25, 0.3) is 0 Å². The van der Waals surface area contributed by atoms with Gasteiger partial charge < -0.3 is 27.9 Å². The van der Waals surface area contributed by atoms with Crippen molar-refractivity contribution in [3.63, 3.8) is 0 Å². The standard InChI is InChI=1S/2C16H35O4P.Cr/c2*1-5-9-11-15(7-3)13-19-21(17,18)20-14-16(8-4)12-10-6-2;/h2*15-16H,5-14H2,1-4H3,(H,17,18);/q;;+2/p-2. The Hall–Kier alpha value is 0.752. The van der Waals surface area contributed by atoms with Crippen LogP contribution in [-0.2, 0) is 44.6 Å². The Morgan fingerprint density at radius 2 is 0.628 bits per heavy atom. The van der Waals surface area contributed by atoms with Crippen LogP contribution in [0.3, 0.4) is 0 Å². The molecule has 0 saturated heterocycles. The fourth-order valence-corrected chi connectivity index (χ4v) is 6.18. The van der Waals surface area contributed by atoms with Crippen LogP contribution in [0.2, 0.25) is 0 Å². The molecule has 0 amide bonds. The number of hydrogen-bond acceptors (Lipinski definition) is 8. The molecule has 0 radical (unpaired) electrons. The summed E-state index contributed by atoms with van der Waals surface area (Å²) in [6.07, 6.45) is 16.8. The van der Waals surface area contributed by atoms with Crippen LogP contribution in [0.5, 0.6) is 0 Å². The first-order chi connectivity index (χ1) is 20.0. The molecular formula is C32H68CrO8P2. The van der Waals surface area contributed by atoms with Gasteiger partial charge in [0.15, 0.2) is 0 Å². The van der Waals surface area contributed by atoms with Gasteiger partial charge in [-0.25, -0.2) is 0 Å². The van der Waals surface area contributed by atoms with E-state index in [4.69, 9.17) is 18.1 Å². The van der Waals surface area contributed by atoms with E-state index in [1.807, 2.05) is 0 Å². The third-order valence-electron chi connectivity index (χ3n) is 8.05. The van der Waals surface area contributed by atoms with Gasteiger partial charge in [0.05, 0.1) is 26.4 Å². The number of phosphoric ester groups is 2. The summed E-state index contributed by atoms with van der Waals surface area (Å²) < 4.78 is 43.8. The monoisotopic (exact) mass is 694 g/mol. The first-order valence-corrected chi connectivity index (χ1v) is 20.1. The fourth-order valence-electron chi connectivity index (χ4n) is 4.45. The Bertz CT molecular complexity index is 582. The van der Waals surface area contributed by atoms with Crippen LogP contribution < -0.4 is 9.79 Å². The summed E-state index contributed by atoms with van der Waals surface area (Å²) >= 11 is 0. The SMILES string of the molecule is CCCCC(CC)COP(=O)([O-])OCC(CC)CCCC.CCCCC(CC)COP(=O)([O-])OCC(CC)CCCC.[Cr+2]. The van der Waals surface area contributed by atoms with E-state index in [1.165, 1.54) is 0 Å². The van der Waals surface area contributed by atoms with Gasteiger partial charge in [-0.1, -0.05) is 132 Å². The second kappa shape index (κ2) is 31.4. The van der Waals surface area contributed by atoms with Crippen LogP contribution >= 0.6 is 15.6 Å². The maximum atomic E-state index is 11.8. The average molecular weight is 695 g/mol. The Balaban J connectivity index is -0.000000727. The largest absolute Gasteiger partial charge is 2.00 e. The molecule has 4 unspecified atom stereocenters. The Morgan fingerprint density at radius 3 is 0.767 bits per heavy atom. The van der Waals surface area contributed by atoms with Crippen molar-refractivity contribution in [3.8, 4) is 0 Å².